The maximum Gasteiger partial charge on any atom is 0.327 e. The van der Waals surface area contributed by atoms with Crippen LogP contribution in [0.5, 0.6) is 0 Å². The summed E-state index contributed by atoms with van der Waals surface area (Å²) in [6.07, 6.45) is 5.47. The fraction of sp³-hybridized carbons (Fsp3) is 0.917. The van der Waals surface area contributed by atoms with Crippen LogP contribution in [0.2, 0.25) is 0 Å². The van der Waals surface area contributed by atoms with Gasteiger partial charge in [0, 0.05) is 6.04 Å². The molecule has 4 heteroatoms. The molecule has 2 aliphatic rings. The lowest BCUT2D eigenvalue weighted by molar-refractivity contribution is -0.152. The predicted octanol–water partition coefficient (Wildman–Crippen LogP) is 0.766. The molecule has 0 aromatic heterocycles. The highest BCUT2D eigenvalue weighted by Gasteiger charge is 2.50. The maximum absolute atomic E-state index is 12.1. The molecule has 92 valence electrons. The Kier molecular flexibility index (Phi) is 3.50. The molecule has 2 fully saturated rings. The first-order chi connectivity index (χ1) is 7.70. The van der Waals surface area contributed by atoms with Crippen molar-refractivity contribution in [3.63, 3.8) is 0 Å². The van der Waals surface area contributed by atoms with E-state index in [0.29, 0.717) is 6.04 Å². The van der Waals surface area contributed by atoms with Crippen molar-refractivity contribution < 1.29 is 9.53 Å². The number of carbonyl (C=O) groups excluding carboxylic acids is 1. The van der Waals surface area contributed by atoms with Gasteiger partial charge >= 0.3 is 5.97 Å². The van der Waals surface area contributed by atoms with Gasteiger partial charge < -0.3 is 15.0 Å². The number of likely N-dealkylation sites (tertiary alicyclic amines) is 1. The summed E-state index contributed by atoms with van der Waals surface area (Å²) in [4.78, 5) is 14.4. The molecule has 0 aromatic rings. The summed E-state index contributed by atoms with van der Waals surface area (Å²) in [6.45, 7) is 2.02. The molecule has 16 heavy (non-hydrogen) atoms. The summed E-state index contributed by atoms with van der Waals surface area (Å²) in [7, 11) is 3.61. The van der Waals surface area contributed by atoms with Crippen LogP contribution in [0.15, 0.2) is 0 Å². The fourth-order valence-electron chi connectivity index (χ4n) is 3.24. The van der Waals surface area contributed by atoms with Gasteiger partial charge in [-0.25, -0.2) is 4.79 Å². The fourth-order valence-corrected chi connectivity index (χ4v) is 3.24. The second kappa shape index (κ2) is 4.72. The number of ether oxygens (including phenoxy) is 1. The van der Waals surface area contributed by atoms with Crippen molar-refractivity contribution in [1.29, 1.82) is 0 Å². The zero-order chi connectivity index (χ0) is 11.6. The average Bonchev–Trinajstić information content (AvgIpc) is 2.76. The van der Waals surface area contributed by atoms with E-state index in [9.17, 15) is 4.79 Å². The van der Waals surface area contributed by atoms with Gasteiger partial charge in [0.25, 0.3) is 0 Å². The third-order valence-corrected chi connectivity index (χ3v) is 4.08. The largest absolute Gasteiger partial charge is 0.468 e. The van der Waals surface area contributed by atoms with E-state index in [2.05, 4.69) is 17.3 Å². The topological polar surface area (TPSA) is 41.6 Å². The monoisotopic (exact) mass is 226 g/mol. The Hall–Kier alpha value is -0.610. The van der Waals surface area contributed by atoms with E-state index in [1.807, 2.05) is 0 Å². The van der Waals surface area contributed by atoms with Crippen LogP contribution in [0, 0.1) is 0 Å². The Morgan fingerprint density at radius 3 is 2.75 bits per heavy atom. The zero-order valence-corrected chi connectivity index (χ0v) is 10.3. The number of methoxy groups -OCH3 is 1. The highest BCUT2D eigenvalue weighted by atomic mass is 16.5. The third-order valence-electron chi connectivity index (χ3n) is 4.08. The minimum atomic E-state index is -0.446. The Balaban J connectivity index is 2.22. The van der Waals surface area contributed by atoms with Crippen molar-refractivity contribution in [3.8, 4) is 0 Å². The Morgan fingerprint density at radius 1 is 1.44 bits per heavy atom. The molecule has 2 saturated heterocycles. The van der Waals surface area contributed by atoms with Crippen LogP contribution in [0.3, 0.4) is 0 Å². The highest BCUT2D eigenvalue weighted by Crippen LogP contribution is 2.33. The second-order valence-electron chi connectivity index (χ2n) is 4.99. The van der Waals surface area contributed by atoms with Crippen molar-refractivity contribution in [2.75, 3.05) is 27.2 Å². The second-order valence-corrected chi connectivity index (χ2v) is 4.99. The number of hydrogen-bond acceptors (Lipinski definition) is 4. The van der Waals surface area contributed by atoms with Crippen LogP contribution in [0.25, 0.3) is 0 Å². The smallest absolute Gasteiger partial charge is 0.327 e. The van der Waals surface area contributed by atoms with Crippen molar-refractivity contribution in [2.45, 2.75) is 43.7 Å². The van der Waals surface area contributed by atoms with Gasteiger partial charge in [0.15, 0.2) is 0 Å². The molecular weight excluding hydrogens is 204 g/mol. The number of nitrogens with zero attached hydrogens (tertiary/aromatic N) is 1. The lowest BCUT2D eigenvalue weighted by Crippen LogP contribution is -2.65. The number of hydrogen-bond donors (Lipinski definition) is 1. The Labute approximate surface area is 97.3 Å². The molecule has 0 spiro atoms. The molecule has 1 N–H and O–H groups in total. The van der Waals surface area contributed by atoms with Gasteiger partial charge in [0.2, 0.25) is 0 Å². The van der Waals surface area contributed by atoms with Crippen molar-refractivity contribution in [1.82, 2.24) is 10.2 Å². The number of rotatable bonds is 2. The number of piperidine rings is 1. The summed E-state index contributed by atoms with van der Waals surface area (Å²) in [5.74, 6) is -0.0778. The van der Waals surface area contributed by atoms with Crippen LogP contribution < -0.4 is 5.32 Å². The number of esters is 1. The van der Waals surface area contributed by atoms with Gasteiger partial charge in [-0.05, 0) is 52.2 Å². The summed E-state index contributed by atoms with van der Waals surface area (Å²) >= 11 is 0. The molecule has 2 aliphatic heterocycles. The standard InChI is InChI=1S/C12H22N2O2/c1-14-9-5-6-10(14)12(11(15)16-2)7-3-4-8-13-12/h10,13H,3-9H2,1-2H3. The van der Waals surface area contributed by atoms with Crippen LogP contribution in [0.1, 0.15) is 32.1 Å². The SMILES string of the molecule is COC(=O)C1(C2CCCN2C)CCCCN1. The van der Waals surface area contributed by atoms with Crippen LogP contribution in [-0.4, -0.2) is 49.7 Å². The van der Waals surface area contributed by atoms with Gasteiger partial charge in [-0.1, -0.05) is 0 Å². The average molecular weight is 226 g/mol. The molecule has 0 saturated carbocycles. The molecular formula is C12H22N2O2. The van der Waals surface area contributed by atoms with Gasteiger partial charge in [0.1, 0.15) is 5.54 Å². The molecule has 2 rings (SSSR count). The lowest BCUT2D eigenvalue weighted by Gasteiger charge is -2.42. The number of carbonyl (C=O) groups is 1. The molecule has 0 aromatic carbocycles. The van der Waals surface area contributed by atoms with Crippen molar-refractivity contribution >= 4 is 5.97 Å². The molecule has 0 radical (unpaired) electrons. The van der Waals surface area contributed by atoms with E-state index in [4.69, 9.17) is 4.74 Å². The first-order valence-electron chi connectivity index (χ1n) is 6.24. The maximum atomic E-state index is 12.1. The van der Waals surface area contributed by atoms with E-state index in [0.717, 1.165) is 38.8 Å². The van der Waals surface area contributed by atoms with E-state index in [1.165, 1.54) is 13.5 Å². The van der Waals surface area contributed by atoms with E-state index in [1.54, 1.807) is 0 Å². The first kappa shape index (κ1) is 11.9. The van der Waals surface area contributed by atoms with Crippen molar-refractivity contribution in [3.05, 3.63) is 0 Å². The minimum absolute atomic E-state index is 0.0778. The summed E-state index contributed by atoms with van der Waals surface area (Å²) in [5.41, 5.74) is -0.446. The van der Waals surface area contributed by atoms with Crippen LogP contribution >= 0.6 is 0 Å². The van der Waals surface area contributed by atoms with Crippen molar-refractivity contribution in [2.24, 2.45) is 0 Å². The molecule has 2 atom stereocenters. The van der Waals surface area contributed by atoms with Gasteiger partial charge in [-0.15, -0.1) is 0 Å². The van der Waals surface area contributed by atoms with E-state index in [-0.39, 0.29) is 5.97 Å². The van der Waals surface area contributed by atoms with Gasteiger partial charge in [0.05, 0.1) is 7.11 Å². The van der Waals surface area contributed by atoms with Crippen LogP contribution in [0.4, 0.5) is 0 Å². The predicted molar refractivity (Wildman–Crippen MR) is 62.3 cm³/mol. The lowest BCUT2D eigenvalue weighted by atomic mass is 9.81. The number of nitrogens with one attached hydrogen (secondary N) is 1. The molecule has 0 bridgehead atoms. The number of likely N-dealkylation sites (N-methyl/N-ethyl adjacent to an activating group) is 1. The Morgan fingerprint density at radius 2 is 2.25 bits per heavy atom. The first-order valence-corrected chi connectivity index (χ1v) is 6.24. The molecule has 2 unspecified atom stereocenters. The highest BCUT2D eigenvalue weighted by molar-refractivity contribution is 5.82. The molecule has 0 amide bonds. The van der Waals surface area contributed by atoms with Crippen LogP contribution in [-0.2, 0) is 9.53 Å². The van der Waals surface area contributed by atoms with Gasteiger partial charge in [-0.3, -0.25) is 0 Å². The van der Waals surface area contributed by atoms with E-state index < -0.39 is 5.54 Å². The summed E-state index contributed by atoms with van der Waals surface area (Å²) in [5, 5.41) is 3.44. The zero-order valence-electron chi connectivity index (χ0n) is 10.3. The third kappa shape index (κ3) is 1.84. The van der Waals surface area contributed by atoms with Gasteiger partial charge in [-0.2, -0.15) is 0 Å². The van der Waals surface area contributed by atoms with E-state index >= 15 is 0 Å². The molecule has 4 nitrogen and oxygen atoms in total. The summed E-state index contributed by atoms with van der Waals surface area (Å²) < 4.78 is 5.03. The molecule has 0 aliphatic carbocycles. The quantitative estimate of drug-likeness (QED) is 0.706. The Bertz CT molecular complexity index is 262. The minimum Gasteiger partial charge on any atom is -0.468 e. The molecule has 2 heterocycles. The summed E-state index contributed by atoms with van der Waals surface area (Å²) in [6, 6.07) is 0.306. The normalized spacial score (nSPS) is 36.2.